The maximum Gasteiger partial charge on any atom is 0.254 e. The van der Waals surface area contributed by atoms with Crippen molar-refractivity contribution < 1.29 is 9.18 Å². The number of hydrogen-bond donors (Lipinski definition) is 1. The topological polar surface area (TPSA) is 45.2 Å². The fraction of sp³-hybridized carbons (Fsp3) is 0.250. The molecule has 0 bridgehead atoms. The van der Waals surface area contributed by atoms with E-state index in [1.807, 2.05) is 17.0 Å². The quantitative estimate of drug-likeness (QED) is 0.842. The van der Waals surface area contributed by atoms with Gasteiger partial charge in [-0.05, 0) is 45.8 Å². The van der Waals surface area contributed by atoms with Crippen molar-refractivity contribution in [1.82, 2.24) is 15.2 Å². The van der Waals surface area contributed by atoms with Crippen LogP contribution in [-0.2, 0) is 0 Å². The molecule has 0 spiro atoms. The summed E-state index contributed by atoms with van der Waals surface area (Å²) < 4.78 is 13.7. The van der Waals surface area contributed by atoms with Gasteiger partial charge in [0.15, 0.2) is 0 Å². The van der Waals surface area contributed by atoms with Crippen LogP contribution in [0.2, 0.25) is 0 Å². The van der Waals surface area contributed by atoms with Crippen LogP contribution in [0, 0.1) is 5.82 Å². The standard InChI is InChI=1S/C16H15BrFN3O.ClH/c17-13-8-11(3-4-14(13)18)16(22)21-7-6-20-10-15(21)12-2-1-5-19-9-12;/h1-5,8-9,15,20H,6-7,10H2;1H. The maximum atomic E-state index is 13.4. The molecule has 23 heavy (non-hydrogen) atoms. The van der Waals surface area contributed by atoms with Crippen LogP contribution in [0.25, 0.3) is 0 Å². The van der Waals surface area contributed by atoms with Crippen LogP contribution in [0.5, 0.6) is 0 Å². The summed E-state index contributed by atoms with van der Waals surface area (Å²) in [6, 6.07) is 8.11. The summed E-state index contributed by atoms with van der Waals surface area (Å²) in [6.45, 7) is 2.03. The number of carbonyl (C=O) groups excluding carboxylic acids is 1. The lowest BCUT2D eigenvalue weighted by atomic mass is 10.0. The number of aromatic nitrogens is 1. The Morgan fingerprint density at radius 1 is 1.39 bits per heavy atom. The first-order valence-electron chi connectivity index (χ1n) is 7.03. The molecule has 7 heteroatoms. The van der Waals surface area contributed by atoms with E-state index >= 15 is 0 Å². The minimum absolute atomic E-state index is 0. The molecule has 1 aromatic heterocycles. The summed E-state index contributed by atoms with van der Waals surface area (Å²) in [4.78, 5) is 18.7. The lowest BCUT2D eigenvalue weighted by molar-refractivity contribution is 0.0634. The highest BCUT2D eigenvalue weighted by molar-refractivity contribution is 9.10. The van der Waals surface area contributed by atoms with Gasteiger partial charge in [-0.15, -0.1) is 12.4 Å². The number of pyridine rings is 1. The molecule has 0 radical (unpaired) electrons. The second-order valence-corrected chi connectivity index (χ2v) is 5.99. The average molecular weight is 401 g/mol. The van der Waals surface area contributed by atoms with E-state index < -0.39 is 0 Å². The van der Waals surface area contributed by atoms with Gasteiger partial charge in [-0.2, -0.15) is 0 Å². The molecular weight excluding hydrogens is 385 g/mol. The lowest BCUT2D eigenvalue weighted by Gasteiger charge is -2.36. The van der Waals surface area contributed by atoms with E-state index in [1.54, 1.807) is 12.4 Å². The van der Waals surface area contributed by atoms with Gasteiger partial charge in [0.2, 0.25) is 0 Å². The Morgan fingerprint density at radius 3 is 2.91 bits per heavy atom. The van der Waals surface area contributed by atoms with Crippen LogP contribution in [0.4, 0.5) is 4.39 Å². The molecule has 1 unspecified atom stereocenters. The van der Waals surface area contributed by atoms with E-state index in [-0.39, 0.29) is 30.2 Å². The Hall–Kier alpha value is -1.50. The van der Waals surface area contributed by atoms with E-state index in [0.717, 1.165) is 12.1 Å². The van der Waals surface area contributed by atoms with Gasteiger partial charge in [0.05, 0.1) is 10.5 Å². The van der Waals surface area contributed by atoms with Crippen molar-refractivity contribution in [2.24, 2.45) is 0 Å². The monoisotopic (exact) mass is 399 g/mol. The smallest absolute Gasteiger partial charge is 0.254 e. The van der Waals surface area contributed by atoms with Crippen molar-refractivity contribution in [2.75, 3.05) is 19.6 Å². The molecule has 2 aromatic rings. The summed E-state index contributed by atoms with van der Waals surface area (Å²) in [5.41, 5.74) is 1.47. The predicted octanol–water partition coefficient (Wildman–Crippen LogP) is 3.19. The lowest BCUT2D eigenvalue weighted by Crippen LogP contribution is -2.48. The molecule has 0 saturated carbocycles. The first-order chi connectivity index (χ1) is 10.7. The van der Waals surface area contributed by atoms with Crippen molar-refractivity contribution >= 4 is 34.2 Å². The largest absolute Gasteiger partial charge is 0.329 e. The number of amides is 1. The fourth-order valence-corrected chi connectivity index (χ4v) is 2.99. The summed E-state index contributed by atoms with van der Waals surface area (Å²) >= 11 is 3.13. The summed E-state index contributed by atoms with van der Waals surface area (Å²) in [7, 11) is 0. The normalized spacial score (nSPS) is 17.5. The highest BCUT2D eigenvalue weighted by atomic mass is 79.9. The van der Waals surface area contributed by atoms with Gasteiger partial charge in [-0.1, -0.05) is 6.07 Å². The highest BCUT2D eigenvalue weighted by Gasteiger charge is 2.28. The zero-order chi connectivity index (χ0) is 15.5. The van der Waals surface area contributed by atoms with Crippen molar-refractivity contribution in [3.8, 4) is 0 Å². The van der Waals surface area contributed by atoms with Crippen LogP contribution in [-0.4, -0.2) is 35.4 Å². The molecular formula is C16H16BrClFN3O. The molecule has 1 aliphatic rings. The van der Waals surface area contributed by atoms with Gasteiger partial charge in [0.25, 0.3) is 5.91 Å². The molecule has 122 valence electrons. The molecule has 1 aliphatic heterocycles. The van der Waals surface area contributed by atoms with Gasteiger partial charge >= 0.3 is 0 Å². The van der Waals surface area contributed by atoms with Crippen molar-refractivity contribution in [1.29, 1.82) is 0 Å². The minimum Gasteiger partial charge on any atom is -0.329 e. The number of nitrogens with one attached hydrogen (secondary N) is 1. The average Bonchev–Trinajstić information content (AvgIpc) is 2.57. The molecule has 1 amide bonds. The Kier molecular flexibility index (Phi) is 6.10. The molecule has 0 aliphatic carbocycles. The number of piperazine rings is 1. The van der Waals surface area contributed by atoms with Crippen LogP contribution < -0.4 is 5.32 Å². The maximum absolute atomic E-state index is 13.4. The number of benzene rings is 1. The van der Waals surface area contributed by atoms with Gasteiger partial charge in [0.1, 0.15) is 5.82 Å². The summed E-state index contributed by atoms with van der Waals surface area (Å²) in [5.74, 6) is -0.475. The van der Waals surface area contributed by atoms with Gasteiger partial charge in [-0.25, -0.2) is 4.39 Å². The van der Waals surface area contributed by atoms with E-state index in [0.29, 0.717) is 23.1 Å². The fourth-order valence-electron chi connectivity index (χ4n) is 2.61. The van der Waals surface area contributed by atoms with E-state index in [1.165, 1.54) is 18.2 Å². The molecule has 4 nitrogen and oxygen atoms in total. The zero-order valence-corrected chi connectivity index (χ0v) is 14.6. The van der Waals surface area contributed by atoms with Crippen LogP contribution >= 0.6 is 28.3 Å². The summed E-state index contributed by atoms with van der Waals surface area (Å²) in [6.07, 6.45) is 3.49. The van der Waals surface area contributed by atoms with Gasteiger partial charge in [-0.3, -0.25) is 9.78 Å². The van der Waals surface area contributed by atoms with Gasteiger partial charge < -0.3 is 10.2 Å². The molecule has 3 rings (SSSR count). The number of rotatable bonds is 2. The second kappa shape index (κ2) is 7.86. The van der Waals surface area contributed by atoms with Crippen LogP contribution in [0.3, 0.4) is 0 Å². The third-order valence-corrected chi connectivity index (χ3v) is 4.35. The van der Waals surface area contributed by atoms with E-state index in [2.05, 4.69) is 26.2 Å². The SMILES string of the molecule is Cl.O=C(c1ccc(F)c(Br)c1)N1CCNCC1c1cccnc1. The second-order valence-electron chi connectivity index (χ2n) is 5.13. The van der Waals surface area contributed by atoms with Crippen molar-refractivity contribution in [3.05, 3.63) is 64.1 Å². The first kappa shape index (κ1) is 17.8. The van der Waals surface area contributed by atoms with Crippen LogP contribution in [0.1, 0.15) is 22.0 Å². The molecule has 1 aromatic carbocycles. The van der Waals surface area contributed by atoms with Gasteiger partial charge in [0, 0.05) is 37.6 Å². The van der Waals surface area contributed by atoms with Crippen molar-refractivity contribution in [3.63, 3.8) is 0 Å². The number of halogens is 3. The van der Waals surface area contributed by atoms with Crippen molar-refractivity contribution in [2.45, 2.75) is 6.04 Å². The molecule has 1 atom stereocenters. The van der Waals surface area contributed by atoms with E-state index in [9.17, 15) is 9.18 Å². The zero-order valence-electron chi connectivity index (χ0n) is 12.2. The molecule has 1 N–H and O–H groups in total. The number of carbonyl (C=O) groups is 1. The third kappa shape index (κ3) is 3.88. The molecule has 2 heterocycles. The Balaban J connectivity index is 0.00000192. The summed E-state index contributed by atoms with van der Waals surface area (Å²) in [5, 5.41) is 3.30. The van der Waals surface area contributed by atoms with E-state index in [4.69, 9.17) is 0 Å². The molecule has 1 fully saturated rings. The number of hydrogen-bond acceptors (Lipinski definition) is 3. The Bertz CT molecular complexity index is 686. The molecule has 1 saturated heterocycles. The predicted molar refractivity (Wildman–Crippen MR) is 92.2 cm³/mol. The number of nitrogens with zero attached hydrogens (tertiary/aromatic N) is 2. The highest BCUT2D eigenvalue weighted by Crippen LogP contribution is 2.25. The first-order valence-corrected chi connectivity index (χ1v) is 7.83. The third-order valence-electron chi connectivity index (χ3n) is 3.74. The Labute approximate surface area is 148 Å². The Morgan fingerprint density at radius 2 is 2.22 bits per heavy atom. The van der Waals surface area contributed by atoms with Crippen LogP contribution in [0.15, 0.2) is 47.2 Å². The minimum atomic E-state index is -0.374.